The zero-order chi connectivity index (χ0) is 13.5. The molecule has 0 bridgehead atoms. The van der Waals surface area contributed by atoms with E-state index in [0.717, 1.165) is 29.8 Å². The van der Waals surface area contributed by atoms with Crippen molar-refractivity contribution < 1.29 is 0 Å². The number of nitrogens with two attached hydrogens (primary N) is 1. The van der Waals surface area contributed by atoms with Crippen LogP contribution in [0.25, 0.3) is 11.0 Å². The molecule has 0 amide bonds. The monoisotopic (exact) mass is 250 g/mol. The van der Waals surface area contributed by atoms with Gasteiger partial charge in [0.1, 0.15) is 5.82 Å². The van der Waals surface area contributed by atoms with E-state index in [0.29, 0.717) is 5.82 Å². The summed E-state index contributed by atoms with van der Waals surface area (Å²) in [6.45, 7) is 8.14. The Balaban J connectivity index is 2.49. The Morgan fingerprint density at radius 1 is 1.33 bits per heavy atom. The Kier molecular flexibility index (Phi) is 3.06. The van der Waals surface area contributed by atoms with Gasteiger partial charge >= 0.3 is 0 Å². The number of aromatic amines is 1. The molecule has 0 aliphatic rings. The highest BCUT2D eigenvalue weighted by atomic mass is 15.4. The largest absolute Gasteiger partial charge is 0.383 e. The first-order valence-electron chi connectivity index (χ1n) is 6.16. The summed E-state index contributed by atoms with van der Waals surface area (Å²) < 4.78 is 1.93. The minimum absolute atomic E-state index is 0.0421. The second-order valence-corrected chi connectivity index (χ2v) is 5.96. The molecule has 2 aromatic rings. The van der Waals surface area contributed by atoms with Crippen molar-refractivity contribution in [2.75, 3.05) is 26.4 Å². The minimum Gasteiger partial charge on any atom is -0.383 e. The van der Waals surface area contributed by atoms with Crippen molar-refractivity contribution in [2.45, 2.75) is 32.7 Å². The zero-order valence-electron chi connectivity index (χ0n) is 11.8. The molecule has 0 unspecified atom stereocenters. The van der Waals surface area contributed by atoms with Gasteiger partial charge in [-0.15, -0.1) is 0 Å². The van der Waals surface area contributed by atoms with Gasteiger partial charge in [-0.1, -0.05) is 20.8 Å². The van der Waals surface area contributed by atoms with Gasteiger partial charge in [0.05, 0.1) is 17.6 Å². The third-order valence-electron chi connectivity index (χ3n) is 2.95. The summed E-state index contributed by atoms with van der Waals surface area (Å²) in [7, 11) is 4.09. The maximum Gasteiger partial charge on any atom is 0.182 e. The summed E-state index contributed by atoms with van der Waals surface area (Å²) in [6.07, 6.45) is 0. The normalized spacial score (nSPS) is 12.8. The number of H-pyrrole nitrogens is 1. The summed E-state index contributed by atoms with van der Waals surface area (Å²) >= 11 is 0. The standard InChI is InChI=1S/C12H22N6/c1-12(2,3)9-8-10(13)14-15-11(8)18(16-9)7-6-17(4)5/h6-7H2,1-5H3,(H3,13,14,15). The van der Waals surface area contributed by atoms with E-state index in [1.165, 1.54) is 0 Å². The average molecular weight is 250 g/mol. The molecule has 0 aliphatic carbocycles. The topological polar surface area (TPSA) is 75.8 Å². The van der Waals surface area contributed by atoms with Crippen LogP contribution < -0.4 is 5.73 Å². The highest BCUT2D eigenvalue weighted by molar-refractivity contribution is 5.89. The highest BCUT2D eigenvalue weighted by Crippen LogP contribution is 2.31. The number of nitrogens with one attached hydrogen (secondary N) is 1. The third-order valence-corrected chi connectivity index (χ3v) is 2.95. The van der Waals surface area contributed by atoms with Crippen molar-refractivity contribution in [1.29, 1.82) is 0 Å². The Labute approximate surface area is 107 Å². The van der Waals surface area contributed by atoms with Gasteiger partial charge < -0.3 is 10.6 Å². The molecule has 0 saturated heterocycles. The van der Waals surface area contributed by atoms with Gasteiger partial charge in [-0.05, 0) is 14.1 Å². The molecule has 100 valence electrons. The summed E-state index contributed by atoms with van der Waals surface area (Å²) in [4.78, 5) is 2.13. The van der Waals surface area contributed by atoms with E-state index in [1.54, 1.807) is 0 Å². The van der Waals surface area contributed by atoms with Crippen LogP contribution >= 0.6 is 0 Å². The number of fused-ring (bicyclic) bond motifs is 1. The molecule has 0 aliphatic heterocycles. The molecule has 0 atom stereocenters. The van der Waals surface area contributed by atoms with Crippen LogP contribution in [-0.4, -0.2) is 45.5 Å². The van der Waals surface area contributed by atoms with E-state index in [9.17, 15) is 0 Å². The fourth-order valence-electron chi connectivity index (χ4n) is 1.96. The van der Waals surface area contributed by atoms with Gasteiger partial charge in [0, 0.05) is 12.0 Å². The van der Waals surface area contributed by atoms with Crippen LogP contribution in [0.4, 0.5) is 5.82 Å². The molecule has 2 rings (SSSR count). The number of hydrogen-bond donors (Lipinski definition) is 2. The van der Waals surface area contributed by atoms with Gasteiger partial charge in [-0.2, -0.15) is 10.2 Å². The second-order valence-electron chi connectivity index (χ2n) is 5.96. The number of nitrogens with zero attached hydrogens (tertiary/aromatic N) is 4. The van der Waals surface area contributed by atoms with Crippen molar-refractivity contribution in [3.05, 3.63) is 5.69 Å². The Morgan fingerprint density at radius 3 is 2.56 bits per heavy atom. The Hall–Kier alpha value is -1.56. The average Bonchev–Trinajstić information content (AvgIpc) is 2.76. The molecule has 2 aromatic heterocycles. The van der Waals surface area contributed by atoms with Crippen molar-refractivity contribution in [3.8, 4) is 0 Å². The van der Waals surface area contributed by atoms with Crippen molar-refractivity contribution in [2.24, 2.45) is 0 Å². The van der Waals surface area contributed by atoms with E-state index < -0.39 is 0 Å². The Morgan fingerprint density at radius 2 is 2.00 bits per heavy atom. The van der Waals surface area contributed by atoms with Crippen LogP contribution in [0.2, 0.25) is 0 Å². The molecule has 2 heterocycles. The van der Waals surface area contributed by atoms with Crippen LogP contribution in [-0.2, 0) is 12.0 Å². The molecule has 0 spiro atoms. The first kappa shape index (κ1) is 12.9. The first-order valence-corrected chi connectivity index (χ1v) is 6.16. The van der Waals surface area contributed by atoms with Crippen molar-refractivity contribution in [3.63, 3.8) is 0 Å². The quantitative estimate of drug-likeness (QED) is 0.858. The smallest absolute Gasteiger partial charge is 0.182 e. The number of aromatic nitrogens is 4. The van der Waals surface area contributed by atoms with Gasteiger partial charge in [0.2, 0.25) is 0 Å². The Bertz CT molecular complexity index is 543. The molecule has 0 fully saturated rings. The zero-order valence-corrected chi connectivity index (χ0v) is 11.8. The molecule has 0 saturated carbocycles. The van der Waals surface area contributed by atoms with Gasteiger partial charge in [0.15, 0.2) is 5.65 Å². The van der Waals surface area contributed by atoms with Crippen LogP contribution in [0.15, 0.2) is 0 Å². The van der Waals surface area contributed by atoms with Gasteiger partial charge in [-0.3, -0.25) is 5.10 Å². The lowest BCUT2D eigenvalue weighted by atomic mass is 9.91. The maximum absolute atomic E-state index is 5.96. The second kappa shape index (κ2) is 4.28. The summed E-state index contributed by atoms with van der Waals surface area (Å²) in [6, 6.07) is 0. The van der Waals surface area contributed by atoms with E-state index in [4.69, 9.17) is 5.73 Å². The maximum atomic E-state index is 5.96. The predicted molar refractivity (Wildman–Crippen MR) is 73.5 cm³/mol. The molecule has 0 aromatic carbocycles. The summed E-state index contributed by atoms with van der Waals surface area (Å²) in [5, 5.41) is 12.8. The lowest BCUT2D eigenvalue weighted by molar-refractivity contribution is 0.373. The molecule has 3 N–H and O–H groups in total. The first-order chi connectivity index (χ1) is 8.30. The van der Waals surface area contributed by atoms with E-state index in [1.807, 2.05) is 18.8 Å². The lowest BCUT2D eigenvalue weighted by Gasteiger charge is -2.15. The van der Waals surface area contributed by atoms with Crippen LogP contribution in [0.1, 0.15) is 26.5 Å². The van der Waals surface area contributed by atoms with E-state index in [2.05, 4.69) is 41.0 Å². The lowest BCUT2D eigenvalue weighted by Crippen LogP contribution is -2.20. The molecular formula is C12H22N6. The molecular weight excluding hydrogens is 228 g/mol. The highest BCUT2D eigenvalue weighted by Gasteiger charge is 2.25. The fraction of sp³-hybridized carbons (Fsp3) is 0.667. The number of anilines is 1. The minimum atomic E-state index is -0.0421. The number of likely N-dealkylation sites (N-methyl/N-ethyl adjacent to an activating group) is 1. The van der Waals surface area contributed by atoms with E-state index in [-0.39, 0.29) is 5.41 Å². The van der Waals surface area contributed by atoms with Gasteiger partial charge in [0.25, 0.3) is 0 Å². The molecule has 6 heteroatoms. The molecule has 0 radical (unpaired) electrons. The summed E-state index contributed by atoms with van der Waals surface area (Å²) in [5.41, 5.74) is 7.77. The summed E-state index contributed by atoms with van der Waals surface area (Å²) in [5.74, 6) is 0.603. The number of rotatable bonds is 3. The molecule has 18 heavy (non-hydrogen) atoms. The van der Waals surface area contributed by atoms with Crippen molar-refractivity contribution in [1.82, 2.24) is 24.9 Å². The third kappa shape index (κ3) is 2.20. The predicted octanol–water partition coefficient (Wildman–Crippen LogP) is 1.20. The fourth-order valence-corrected chi connectivity index (χ4v) is 1.96. The number of nitrogen functional groups attached to an aromatic ring is 1. The SMILES string of the molecule is CN(C)CCn1nc(C(C)(C)C)c2c(N)[nH]nc21. The molecule has 6 nitrogen and oxygen atoms in total. The van der Waals surface area contributed by atoms with Crippen LogP contribution in [0, 0.1) is 0 Å². The number of hydrogen-bond acceptors (Lipinski definition) is 4. The van der Waals surface area contributed by atoms with Crippen molar-refractivity contribution >= 4 is 16.9 Å². The van der Waals surface area contributed by atoms with E-state index >= 15 is 0 Å². The van der Waals surface area contributed by atoms with Crippen LogP contribution in [0.3, 0.4) is 0 Å². The van der Waals surface area contributed by atoms with Crippen LogP contribution in [0.5, 0.6) is 0 Å². The van der Waals surface area contributed by atoms with Gasteiger partial charge in [-0.25, -0.2) is 4.68 Å².